The number of halogens is 3. The van der Waals surface area contributed by atoms with Crippen molar-refractivity contribution in [2.45, 2.75) is 19.8 Å². The first-order chi connectivity index (χ1) is 13.5. The summed E-state index contributed by atoms with van der Waals surface area (Å²) in [6.45, 7) is 2.78. The first-order valence-electron chi connectivity index (χ1n) is 8.59. The van der Waals surface area contributed by atoms with E-state index in [4.69, 9.17) is 44.0 Å². The van der Waals surface area contributed by atoms with E-state index in [1.165, 1.54) is 18.3 Å². The molecule has 0 fully saturated rings. The Kier molecular flexibility index (Phi) is 6.83. The topological polar surface area (TPSA) is 67.9 Å². The van der Waals surface area contributed by atoms with Crippen LogP contribution in [-0.2, 0) is 0 Å². The molecule has 3 rings (SSSR count). The van der Waals surface area contributed by atoms with Gasteiger partial charge in [0.1, 0.15) is 5.75 Å². The molecule has 3 aromatic rings. The van der Waals surface area contributed by atoms with Crippen LogP contribution in [0.15, 0.2) is 45.8 Å². The predicted octanol–water partition coefficient (Wildman–Crippen LogP) is 6.94. The summed E-state index contributed by atoms with van der Waals surface area (Å²) < 4.78 is 11.0. The average Bonchev–Trinajstić information content (AvgIpc) is 3.05. The number of hydrogen-bond donors (Lipinski definition) is 1. The lowest BCUT2D eigenvalue weighted by molar-refractivity contribution is 0.309. The molecule has 0 aliphatic heterocycles. The second-order valence-corrected chi connectivity index (χ2v) is 7.13. The number of hydrogen-bond acceptors (Lipinski definition) is 5. The van der Waals surface area contributed by atoms with Gasteiger partial charge in [-0.1, -0.05) is 48.1 Å². The summed E-state index contributed by atoms with van der Waals surface area (Å²) in [5.74, 6) is 0.682. The van der Waals surface area contributed by atoms with Gasteiger partial charge in [0.25, 0.3) is 0 Å². The van der Waals surface area contributed by atoms with Crippen LogP contribution in [0.3, 0.4) is 0 Å². The molecule has 146 valence electrons. The van der Waals surface area contributed by atoms with E-state index in [0.717, 1.165) is 18.6 Å². The van der Waals surface area contributed by atoms with Crippen molar-refractivity contribution in [3.8, 4) is 23.1 Å². The van der Waals surface area contributed by atoms with Crippen LogP contribution in [0.2, 0.25) is 15.1 Å². The molecule has 1 aromatic heterocycles. The minimum atomic E-state index is -0.349. The molecule has 0 bridgehead atoms. The molecule has 0 aliphatic rings. The van der Waals surface area contributed by atoms with Crippen LogP contribution in [0.25, 0.3) is 11.5 Å². The normalized spacial score (nSPS) is 11.3. The van der Waals surface area contributed by atoms with Gasteiger partial charge in [-0.15, -0.1) is 0 Å². The summed E-state index contributed by atoms with van der Waals surface area (Å²) >= 11 is 18.0. The second kappa shape index (κ2) is 9.32. The lowest BCUT2D eigenvalue weighted by Gasteiger charge is -2.05. The second-order valence-electron chi connectivity index (χ2n) is 5.91. The fourth-order valence-corrected chi connectivity index (χ4v) is 2.89. The Hall–Kier alpha value is -2.21. The van der Waals surface area contributed by atoms with E-state index in [1.807, 2.05) is 24.3 Å². The maximum atomic E-state index is 10.0. The number of nitrogens with zero attached hydrogens (tertiary/aromatic N) is 2. The Morgan fingerprint density at radius 3 is 2.54 bits per heavy atom. The maximum Gasteiger partial charge on any atom is 0.312 e. The van der Waals surface area contributed by atoms with Gasteiger partial charge < -0.3 is 14.3 Å². The number of aromatic hydroxyl groups is 1. The van der Waals surface area contributed by atoms with Crippen molar-refractivity contribution in [1.82, 2.24) is 4.98 Å². The van der Waals surface area contributed by atoms with Crippen LogP contribution in [0.5, 0.6) is 11.7 Å². The van der Waals surface area contributed by atoms with E-state index in [-0.39, 0.29) is 17.5 Å². The van der Waals surface area contributed by atoms with Crippen LogP contribution < -0.4 is 4.74 Å². The molecule has 28 heavy (non-hydrogen) atoms. The minimum absolute atomic E-state index is 0.167. The molecule has 1 N–H and O–H groups in total. The van der Waals surface area contributed by atoms with Crippen LogP contribution >= 0.6 is 34.8 Å². The number of aliphatic imine (C=N–C) groups is 1. The molecule has 0 spiro atoms. The summed E-state index contributed by atoms with van der Waals surface area (Å²) in [5, 5.41) is 11.0. The van der Waals surface area contributed by atoms with E-state index in [0.29, 0.717) is 32.9 Å². The Bertz CT molecular complexity index is 985. The molecule has 0 saturated carbocycles. The monoisotopic (exact) mass is 438 g/mol. The third kappa shape index (κ3) is 4.98. The highest BCUT2D eigenvalue weighted by Gasteiger charge is 2.13. The number of aromatic nitrogens is 1. The minimum Gasteiger partial charge on any atom is -0.494 e. The van der Waals surface area contributed by atoms with Gasteiger partial charge in [0, 0.05) is 5.56 Å². The quantitative estimate of drug-likeness (QED) is 0.246. The summed E-state index contributed by atoms with van der Waals surface area (Å²) in [5.41, 5.74) is 1.26. The standard InChI is InChI=1S/C20H17Cl3N2O3/c1-2-3-8-27-13-6-4-12(5-7-13)19-25-18(20(26)28-19)11-24-17-10-15(22)14(21)9-16(17)23/h4-7,9-11,26H,2-3,8H2,1H3. The number of benzene rings is 2. The highest BCUT2D eigenvalue weighted by atomic mass is 35.5. The molecule has 0 atom stereocenters. The summed E-state index contributed by atoms with van der Waals surface area (Å²) in [6, 6.07) is 10.3. The van der Waals surface area contributed by atoms with Crippen molar-refractivity contribution < 1.29 is 14.3 Å². The molecule has 0 saturated heterocycles. The fourth-order valence-electron chi connectivity index (χ4n) is 2.30. The zero-order valence-corrected chi connectivity index (χ0v) is 17.2. The molecule has 8 heteroatoms. The molecule has 0 aliphatic carbocycles. The van der Waals surface area contributed by atoms with Gasteiger partial charge in [0.05, 0.1) is 33.6 Å². The van der Waals surface area contributed by atoms with Gasteiger partial charge in [0.15, 0.2) is 5.69 Å². The van der Waals surface area contributed by atoms with Gasteiger partial charge >= 0.3 is 5.95 Å². The fraction of sp³-hybridized carbons (Fsp3) is 0.200. The first kappa shape index (κ1) is 20.5. The van der Waals surface area contributed by atoms with E-state index in [1.54, 1.807) is 0 Å². The lowest BCUT2D eigenvalue weighted by Crippen LogP contribution is -1.95. The van der Waals surface area contributed by atoms with Crippen molar-refractivity contribution in [3.63, 3.8) is 0 Å². The van der Waals surface area contributed by atoms with Gasteiger partial charge in [0.2, 0.25) is 5.89 Å². The third-order valence-corrected chi connectivity index (χ3v) is 4.84. The molecule has 2 aromatic carbocycles. The SMILES string of the molecule is CCCCOc1ccc(-c2nc(C=Nc3cc(Cl)c(Cl)cc3Cl)c(O)o2)cc1. The van der Waals surface area contributed by atoms with E-state index in [2.05, 4.69) is 16.9 Å². The maximum absolute atomic E-state index is 10.0. The van der Waals surface area contributed by atoms with Crippen molar-refractivity contribution in [3.05, 3.63) is 57.2 Å². The van der Waals surface area contributed by atoms with Gasteiger partial charge in [-0.05, 0) is 42.8 Å². The molecule has 1 heterocycles. The van der Waals surface area contributed by atoms with E-state index < -0.39 is 0 Å². The molecule has 0 radical (unpaired) electrons. The number of ether oxygens (including phenoxy) is 1. The predicted molar refractivity (Wildman–Crippen MR) is 113 cm³/mol. The Labute approximate surface area is 177 Å². The van der Waals surface area contributed by atoms with Gasteiger partial charge in [-0.3, -0.25) is 4.99 Å². The van der Waals surface area contributed by atoms with Crippen LogP contribution in [0.4, 0.5) is 5.69 Å². The zero-order valence-electron chi connectivity index (χ0n) is 15.0. The van der Waals surface area contributed by atoms with Gasteiger partial charge in [-0.25, -0.2) is 4.98 Å². The van der Waals surface area contributed by atoms with Crippen LogP contribution in [-0.4, -0.2) is 22.9 Å². The van der Waals surface area contributed by atoms with Crippen LogP contribution in [0, 0.1) is 0 Å². The summed E-state index contributed by atoms with van der Waals surface area (Å²) in [6.07, 6.45) is 3.42. The van der Waals surface area contributed by atoms with Crippen molar-refractivity contribution in [2.75, 3.05) is 6.61 Å². The highest BCUT2D eigenvalue weighted by molar-refractivity contribution is 6.44. The smallest absolute Gasteiger partial charge is 0.312 e. The van der Waals surface area contributed by atoms with Crippen molar-refractivity contribution >= 4 is 46.7 Å². The third-order valence-electron chi connectivity index (χ3n) is 3.82. The number of oxazole rings is 1. The van der Waals surface area contributed by atoms with Crippen molar-refractivity contribution in [1.29, 1.82) is 0 Å². The Morgan fingerprint density at radius 1 is 1.11 bits per heavy atom. The molecule has 5 nitrogen and oxygen atoms in total. The van der Waals surface area contributed by atoms with Crippen molar-refractivity contribution in [2.24, 2.45) is 4.99 Å². The highest BCUT2D eigenvalue weighted by Crippen LogP contribution is 2.34. The summed E-state index contributed by atoms with van der Waals surface area (Å²) in [4.78, 5) is 8.46. The molecule has 0 amide bonds. The average molecular weight is 440 g/mol. The first-order valence-corrected chi connectivity index (χ1v) is 9.73. The Balaban J connectivity index is 1.77. The van der Waals surface area contributed by atoms with Crippen LogP contribution in [0.1, 0.15) is 25.5 Å². The molecular weight excluding hydrogens is 423 g/mol. The largest absolute Gasteiger partial charge is 0.494 e. The molecule has 0 unspecified atom stereocenters. The molecular formula is C20H17Cl3N2O3. The number of rotatable bonds is 7. The zero-order chi connectivity index (χ0) is 20.1. The number of unbranched alkanes of at least 4 members (excludes halogenated alkanes) is 1. The lowest BCUT2D eigenvalue weighted by atomic mass is 10.2. The van der Waals surface area contributed by atoms with Gasteiger partial charge in [-0.2, -0.15) is 0 Å². The van der Waals surface area contributed by atoms with E-state index in [9.17, 15) is 5.11 Å². The Morgan fingerprint density at radius 2 is 1.82 bits per heavy atom. The van der Waals surface area contributed by atoms with E-state index >= 15 is 0 Å². The summed E-state index contributed by atoms with van der Waals surface area (Å²) in [7, 11) is 0.